The SMILES string of the molecule is Cc1cccc(Br)c1C(=O)N[C@H](C)C(N)=O. The summed E-state index contributed by atoms with van der Waals surface area (Å²) in [6, 6.07) is 4.76. The molecule has 0 heterocycles. The maximum absolute atomic E-state index is 11.9. The van der Waals surface area contributed by atoms with Crippen molar-refractivity contribution in [3.8, 4) is 0 Å². The predicted octanol–water partition coefficient (Wildman–Crippen LogP) is 1.36. The lowest BCUT2D eigenvalue weighted by Crippen LogP contribution is -2.42. The lowest BCUT2D eigenvalue weighted by molar-refractivity contribution is -0.119. The zero-order chi connectivity index (χ0) is 12.3. The third kappa shape index (κ3) is 2.82. The molecule has 4 nitrogen and oxygen atoms in total. The lowest BCUT2D eigenvalue weighted by Gasteiger charge is -2.12. The van der Waals surface area contributed by atoms with Crippen LogP contribution in [0.15, 0.2) is 22.7 Å². The highest BCUT2D eigenvalue weighted by Crippen LogP contribution is 2.19. The number of primary amides is 1. The van der Waals surface area contributed by atoms with Crippen LogP contribution in [0.4, 0.5) is 0 Å². The number of carbonyl (C=O) groups is 2. The molecule has 86 valence electrons. The zero-order valence-electron chi connectivity index (χ0n) is 9.08. The number of hydrogen-bond donors (Lipinski definition) is 2. The van der Waals surface area contributed by atoms with Crippen LogP contribution in [-0.2, 0) is 4.79 Å². The van der Waals surface area contributed by atoms with Crippen LogP contribution in [0.2, 0.25) is 0 Å². The molecule has 1 rings (SSSR count). The van der Waals surface area contributed by atoms with Gasteiger partial charge < -0.3 is 11.1 Å². The van der Waals surface area contributed by atoms with Gasteiger partial charge in [-0.25, -0.2) is 0 Å². The van der Waals surface area contributed by atoms with Gasteiger partial charge in [-0.1, -0.05) is 12.1 Å². The summed E-state index contributed by atoms with van der Waals surface area (Å²) >= 11 is 3.30. The Bertz CT molecular complexity index is 412. The molecule has 0 fully saturated rings. The number of carbonyl (C=O) groups excluding carboxylic acids is 2. The smallest absolute Gasteiger partial charge is 0.253 e. The van der Waals surface area contributed by atoms with Gasteiger partial charge in [0.2, 0.25) is 5.91 Å². The summed E-state index contributed by atoms with van der Waals surface area (Å²) in [6.45, 7) is 3.38. The summed E-state index contributed by atoms with van der Waals surface area (Å²) in [6.07, 6.45) is 0. The van der Waals surface area contributed by atoms with Crippen LogP contribution in [0.3, 0.4) is 0 Å². The quantitative estimate of drug-likeness (QED) is 0.880. The van der Waals surface area contributed by atoms with Gasteiger partial charge in [0.25, 0.3) is 5.91 Å². The van der Waals surface area contributed by atoms with Gasteiger partial charge in [-0.3, -0.25) is 9.59 Å². The van der Waals surface area contributed by atoms with Gasteiger partial charge in [0.05, 0.1) is 5.56 Å². The number of benzene rings is 1. The highest BCUT2D eigenvalue weighted by atomic mass is 79.9. The van der Waals surface area contributed by atoms with Crippen molar-refractivity contribution in [1.29, 1.82) is 0 Å². The number of nitrogens with two attached hydrogens (primary N) is 1. The normalized spacial score (nSPS) is 11.9. The molecular weight excluding hydrogens is 272 g/mol. The van der Waals surface area contributed by atoms with Gasteiger partial charge in [-0.05, 0) is 41.4 Å². The van der Waals surface area contributed by atoms with E-state index < -0.39 is 11.9 Å². The number of nitrogens with one attached hydrogen (secondary N) is 1. The molecule has 0 aliphatic rings. The Morgan fingerprint density at radius 2 is 2.06 bits per heavy atom. The summed E-state index contributed by atoms with van der Waals surface area (Å²) < 4.78 is 0.696. The summed E-state index contributed by atoms with van der Waals surface area (Å²) in [4.78, 5) is 22.7. The molecule has 5 heteroatoms. The molecule has 0 spiro atoms. The number of hydrogen-bond acceptors (Lipinski definition) is 2. The van der Waals surface area contributed by atoms with Crippen molar-refractivity contribution in [1.82, 2.24) is 5.32 Å². The van der Waals surface area contributed by atoms with Crippen LogP contribution in [0.25, 0.3) is 0 Å². The highest BCUT2D eigenvalue weighted by Gasteiger charge is 2.17. The molecule has 2 amide bonds. The van der Waals surface area contributed by atoms with Crippen LogP contribution >= 0.6 is 15.9 Å². The molecular formula is C11H13BrN2O2. The van der Waals surface area contributed by atoms with E-state index in [9.17, 15) is 9.59 Å². The van der Waals surface area contributed by atoms with Crippen molar-refractivity contribution in [2.75, 3.05) is 0 Å². The molecule has 0 radical (unpaired) electrons. The molecule has 3 N–H and O–H groups in total. The summed E-state index contributed by atoms with van der Waals surface area (Å²) in [5.74, 6) is -0.866. The van der Waals surface area contributed by atoms with Crippen molar-refractivity contribution >= 4 is 27.7 Å². The topological polar surface area (TPSA) is 72.2 Å². The fraction of sp³-hybridized carbons (Fsp3) is 0.273. The van der Waals surface area contributed by atoms with Crippen molar-refractivity contribution < 1.29 is 9.59 Å². The maximum Gasteiger partial charge on any atom is 0.253 e. The van der Waals surface area contributed by atoms with Crippen molar-refractivity contribution in [2.24, 2.45) is 5.73 Å². The standard InChI is InChI=1S/C11H13BrN2O2/c1-6-4-3-5-8(12)9(6)11(16)14-7(2)10(13)15/h3-5,7H,1-2H3,(H2,13,15)(H,14,16)/t7-/m1/s1. The first kappa shape index (κ1) is 12.7. The third-order valence-corrected chi connectivity index (χ3v) is 2.88. The van der Waals surface area contributed by atoms with Crippen LogP contribution in [-0.4, -0.2) is 17.9 Å². The Kier molecular flexibility index (Phi) is 4.06. The lowest BCUT2D eigenvalue weighted by atomic mass is 10.1. The average molecular weight is 285 g/mol. The first-order valence-electron chi connectivity index (χ1n) is 4.78. The van der Waals surface area contributed by atoms with Crippen LogP contribution < -0.4 is 11.1 Å². The molecule has 0 saturated carbocycles. The van der Waals surface area contributed by atoms with Gasteiger partial charge in [0, 0.05) is 4.47 Å². The highest BCUT2D eigenvalue weighted by molar-refractivity contribution is 9.10. The van der Waals surface area contributed by atoms with E-state index in [0.717, 1.165) is 5.56 Å². The summed E-state index contributed by atoms with van der Waals surface area (Å²) in [5, 5.41) is 2.53. The molecule has 0 bridgehead atoms. The van der Waals surface area contributed by atoms with Gasteiger partial charge in [-0.15, -0.1) is 0 Å². The number of aryl methyl sites for hydroxylation is 1. The molecule has 0 aliphatic carbocycles. The fourth-order valence-electron chi connectivity index (χ4n) is 1.26. The molecule has 1 aromatic carbocycles. The van der Waals surface area contributed by atoms with Crippen LogP contribution in [0.1, 0.15) is 22.8 Å². The Morgan fingerprint density at radius 1 is 1.44 bits per heavy atom. The molecule has 0 saturated heterocycles. The van der Waals surface area contributed by atoms with Gasteiger partial charge in [0.1, 0.15) is 6.04 Å². The van der Waals surface area contributed by atoms with Crippen molar-refractivity contribution in [3.63, 3.8) is 0 Å². The molecule has 16 heavy (non-hydrogen) atoms. The molecule has 0 aromatic heterocycles. The average Bonchev–Trinajstić information content (AvgIpc) is 2.16. The van der Waals surface area contributed by atoms with E-state index in [4.69, 9.17) is 5.73 Å². The van der Waals surface area contributed by atoms with Gasteiger partial charge in [0.15, 0.2) is 0 Å². The Balaban J connectivity index is 2.93. The minimum absolute atomic E-state index is 0.309. The second kappa shape index (κ2) is 5.12. The van der Waals surface area contributed by atoms with E-state index in [-0.39, 0.29) is 5.91 Å². The number of rotatable bonds is 3. The predicted molar refractivity (Wildman–Crippen MR) is 65.0 cm³/mol. The van der Waals surface area contributed by atoms with E-state index >= 15 is 0 Å². The van der Waals surface area contributed by atoms with Crippen LogP contribution in [0, 0.1) is 6.92 Å². The maximum atomic E-state index is 11.9. The van der Waals surface area contributed by atoms with E-state index in [1.54, 1.807) is 13.0 Å². The number of halogens is 1. The first-order chi connectivity index (χ1) is 7.43. The molecule has 1 atom stereocenters. The first-order valence-corrected chi connectivity index (χ1v) is 5.58. The van der Waals surface area contributed by atoms with Crippen LogP contribution in [0.5, 0.6) is 0 Å². The van der Waals surface area contributed by atoms with Crippen molar-refractivity contribution in [3.05, 3.63) is 33.8 Å². The second-order valence-corrected chi connectivity index (χ2v) is 4.38. The largest absolute Gasteiger partial charge is 0.368 e. The van der Waals surface area contributed by atoms with Gasteiger partial charge >= 0.3 is 0 Å². The molecule has 1 aromatic rings. The Hall–Kier alpha value is -1.36. The Labute approximate surface area is 102 Å². The minimum Gasteiger partial charge on any atom is -0.368 e. The number of amides is 2. The van der Waals surface area contributed by atoms with E-state index in [1.165, 1.54) is 0 Å². The monoisotopic (exact) mass is 284 g/mol. The Morgan fingerprint density at radius 3 is 2.56 bits per heavy atom. The molecule has 0 aliphatic heterocycles. The second-order valence-electron chi connectivity index (χ2n) is 3.53. The summed E-state index contributed by atoms with van der Waals surface area (Å²) in [7, 11) is 0. The molecule has 0 unspecified atom stereocenters. The van der Waals surface area contributed by atoms with E-state index in [2.05, 4.69) is 21.2 Å². The summed E-state index contributed by atoms with van der Waals surface area (Å²) in [5.41, 5.74) is 6.43. The van der Waals surface area contributed by atoms with Gasteiger partial charge in [-0.2, -0.15) is 0 Å². The third-order valence-electron chi connectivity index (χ3n) is 2.22. The van der Waals surface area contributed by atoms with E-state index in [1.807, 2.05) is 19.1 Å². The van der Waals surface area contributed by atoms with E-state index in [0.29, 0.717) is 10.0 Å². The minimum atomic E-state index is -0.681. The fourth-order valence-corrected chi connectivity index (χ4v) is 1.90. The zero-order valence-corrected chi connectivity index (χ0v) is 10.7. The van der Waals surface area contributed by atoms with Crippen molar-refractivity contribution in [2.45, 2.75) is 19.9 Å².